The Morgan fingerprint density at radius 2 is 2.07 bits per heavy atom. The van der Waals surface area contributed by atoms with Crippen molar-refractivity contribution in [1.29, 1.82) is 0 Å². The van der Waals surface area contributed by atoms with E-state index in [-0.39, 0.29) is 36.6 Å². The molecule has 9 nitrogen and oxygen atoms in total. The SMILES string of the molecule is COCc1c(C(O)C=O)cc2n(c1=O)Cc1c-2nc2cc3c(cc2c1CN)OCO3. The highest BCUT2D eigenvalue weighted by molar-refractivity contribution is 5.90. The summed E-state index contributed by atoms with van der Waals surface area (Å²) < 4.78 is 17.6. The van der Waals surface area contributed by atoms with E-state index in [4.69, 9.17) is 24.9 Å². The number of carbonyl (C=O) groups excluding carboxylic acids is 1. The number of methoxy groups -OCH3 is 1. The van der Waals surface area contributed by atoms with Crippen LogP contribution in [0.4, 0.5) is 0 Å². The second-order valence-electron chi connectivity index (χ2n) is 7.21. The fourth-order valence-corrected chi connectivity index (χ4v) is 4.22. The second-order valence-corrected chi connectivity index (χ2v) is 7.21. The Morgan fingerprint density at radius 3 is 2.77 bits per heavy atom. The monoisotopic (exact) mass is 409 g/mol. The fraction of sp³-hybridized carbons (Fsp3) is 0.286. The number of carbonyl (C=O) groups is 1. The van der Waals surface area contributed by atoms with Crippen molar-refractivity contribution in [2.75, 3.05) is 13.9 Å². The Balaban J connectivity index is 1.80. The van der Waals surface area contributed by atoms with Gasteiger partial charge in [0.1, 0.15) is 6.10 Å². The summed E-state index contributed by atoms with van der Waals surface area (Å²) in [6.07, 6.45) is -1.04. The number of aldehydes is 1. The smallest absolute Gasteiger partial charge is 0.257 e. The molecule has 0 radical (unpaired) electrons. The van der Waals surface area contributed by atoms with Crippen LogP contribution in [0.3, 0.4) is 0 Å². The molecule has 0 saturated heterocycles. The number of pyridine rings is 2. The summed E-state index contributed by atoms with van der Waals surface area (Å²) in [5.41, 5.74) is 9.72. The van der Waals surface area contributed by atoms with Crippen LogP contribution in [0.25, 0.3) is 22.3 Å². The Bertz CT molecular complexity index is 1270. The van der Waals surface area contributed by atoms with Gasteiger partial charge < -0.3 is 34.4 Å². The highest BCUT2D eigenvalue weighted by Gasteiger charge is 2.30. The first-order chi connectivity index (χ1) is 14.6. The van der Waals surface area contributed by atoms with Crippen LogP contribution in [-0.4, -0.2) is 34.8 Å². The average Bonchev–Trinajstić information content (AvgIpc) is 3.36. The number of hydrogen-bond acceptors (Lipinski definition) is 8. The zero-order valence-corrected chi connectivity index (χ0v) is 16.2. The summed E-state index contributed by atoms with van der Waals surface area (Å²) in [4.78, 5) is 29.2. The molecule has 5 rings (SSSR count). The van der Waals surface area contributed by atoms with E-state index < -0.39 is 6.10 Å². The van der Waals surface area contributed by atoms with Gasteiger partial charge in [-0.3, -0.25) is 4.79 Å². The third-order valence-electron chi connectivity index (χ3n) is 5.63. The van der Waals surface area contributed by atoms with Gasteiger partial charge in [-0.05, 0) is 17.7 Å². The number of nitrogens with zero attached hydrogens (tertiary/aromatic N) is 2. The van der Waals surface area contributed by atoms with Gasteiger partial charge in [0, 0.05) is 41.8 Å². The van der Waals surface area contributed by atoms with Gasteiger partial charge in [-0.1, -0.05) is 0 Å². The topological polar surface area (TPSA) is 126 Å². The van der Waals surface area contributed by atoms with Crippen molar-refractivity contribution in [3.63, 3.8) is 0 Å². The van der Waals surface area contributed by atoms with Gasteiger partial charge in [0.2, 0.25) is 6.79 Å². The summed E-state index contributed by atoms with van der Waals surface area (Å²) in [5.74, 6) is 1.23. The zero-order valence-electron chi connectivity index (χ0n) is 16.2. The summed E-state index contributed by atoms with van der Waals surface area (Å²) in [6, 6.07) is 5.28. The van der Waals surface area contributed by atoms with Crippen LogP contribution in [-0.2, 0) is 29.2 Å². The van der Waals surface area contributed by atoms with Gasteiger partial charge in [0.15, 0.2) is 17.8 Å². The normalized spacial score (nSPS) is 14.6. The lowest BCUT2D eigenvalue weighted by Crippen LogP contribution is -2.26. The molecule has 9 heteroatoms. The molecule has 0 fully saturated rings. The highest BCUT2D eigenvalue weighted by Crippen LogP contribution is 2.41. The Kier molecular flexibility index (Phi) is 4.31. The van der Waals surface area contributed by atoms with Crippen molar-refractivity contribution in [1.82, 2.24) is 9.55 Å². The van der Waals surface area contributed by atoms with Crippen molar-refractivity contribution in [2.24, 2.45) is 5.73 Å². The van der Waals surface area contributed by atoms with Gasteiger partial charge in [0.25, 0.3) is 5.56 Å². The second kappa shape index (κ2) is 6.91. The first kappa shape index (κ1) is 18.7. The molecular formula is C21H19N3O6. The average molecular weight is 409 g/mol. The maximum absolute atomic E-state index is 13.2. The maximum Gasteiger partial charge on any atom is 0.257 e. The predicted octanol–water partition coefficient (Wildman–Crippen LogP) is 0.991. The molecule has 2 aliphatic rings. The van der Waals surface area contributed by atoms with Gasteiger partial charge in [-0.25, -0.2) is 4.98 Å². The van der Waals surface area contributed by atoms with Crippen molar-refractivity contribution in [3.8, 4) is 22.9 Å². The molecule has 3 N–H and O–H groups in total. The number of rotatable bonds is 5. The van der Waals surface area contributed by atoms with Crippen LogP contribution in [0.15, 0.2) is 23.0 Å². The number of ether oxygens (including phenoxy) is 3. The van der Waals surface area contributed by atoms with Crippen LogP contribution in [0.5, 0.6) is 11.5 Å². The van der Waals surface area contributed by atoms with Crippen LogP contribution < -0.4 is 20.8 Å². The van der Waals surface area contributed by atoms with E-state index in [9.17, 15) is 14.7 Å². The molecule has 4 heterocycles. The molecule has 2 aromatic heterocycles. The molecular weight excluding hydrogens is 390 g/mol. The maximum atomic E-state index is 13.2. The number of hydrogen-bond donors (Lipinski definition) is 2. The third-order valence-corrected chi connectivity index (χ3v) is 5.63. The largest absolute Gasteiger partial charge is 0.454 e. The minimum Gasteiger partial charge on any atom is -0.454 e. The summed E-state index contributed by atoms with van der Waals surface area (Å²) in [7, 11) is 1.45. The lowest BCUT2D eigenvalue weighted by Gasteiger charge is -2.14. The number of fused-ring (bicyclic) bond motifs is 5. The molecule has 0 bridgehead atoms. The van der Waals surface area contributed by atoms with Crippen LogP contribution in [0.2, 0.25) is 0 Å². The molecule has 0 aliphatic carbocycles. The lowest BCUT2D eigenvalue weighted by atomic mass is 9.99. The lowest BCUT2D eigenvalue weighted by molar-refractivity contribution is -0.115. The van der Waals surface area contributed by atoms with Crippen LogP contribution in [0.1, 0.15) is 28.4 Å². The quantitative estimate of drug-likeness (QED) is 0.468. The summed E-state index contributed by atoms with van der Waals surface area (Å²) in [6.45, 7) is 0.674. The number of aromatic nitrogens is 2. The van der Waals surface area contributed by atoms with E-state index in [0.717, 1.165) is 16.5 Å². The van der Waals surface area contributed by atoms with Crippen molar-refractivity contribution in [2.45, 2.75) is 25.8 Å². The van der Waals surface area contributed by atoms with E-state index in [1.54, 1.807) is 16.7 Å². The molecule has 0 spiro atoms. The van der Waals surface area contributed by atoms with E-state index in [0.29, 0.717) is 41.2 Å². The molecule has 1 aromatic carbocycles. The molecule has 2 aliphatic heterocycles. The van der Waals surface area contributed by atoms with E-state index in [1.807, 2.05) is 6.07 Å². The van der Waals surface area contributed by atoms with Crippen LogP contribution in [0, 0.1) is 0 Å². The Hall–Kier alpha value is -3.27. The summed E-state index contributed by atoms with van der Waals surface area (Å²) in [5, 5.41) is 11.0. The number of nitrogens with two attached hydrogens (primary N) is 1. The Morgan fingerprint density at radius 1 is 1.30 bits per heavy atom. The first-order valence-corrected chi connectivity index (χ1v) is 9.41. The van der Waals surface area contributed by atoms with Gasteiger partial charge in [-0.2, -0.15) is 0 Å². The van der Waals surface area contributed by atoms with Gasteiger partial charge in [0.05, 0.1) is 30.1 Å². The first-order valence-electron chi connectivity index (χ1n) is 9.41. The van der Waals surface area contributed by atoms with E-state index in [1.165, 1.54) is 7.11 Å². The molecule has 1 unspecified atom stereocenters. The number of benzene rings is 1. The fourth-order valence-electron chi connectivity index (χ4n) is 4.22. The van der Waals surface area contributed by atoms with Crippen molar-refractivity contribution < 1.29 is 24.1 Å². The standard InChI is InChI=1S/C21H19N3O6/c1-28-8-14-11(17(26)7-25)2-16-20-13(6-24(16)21(14)27)12(5-22)10-3-18-19(30-9-29-18)4-15(10)23-20/h2-4,7,17,26H,5-6,8-9,22H2,1H3. The third kappa shape index (κ3) is 2.56. The van der Waals surface area contributed by atoms with Crippen LogP contribution >= 0.6 is 0 Å². The molecule has 0 amide bonds. The minimum atomic E-state index is -1.43. The summed E-state index contributed by atoms with van der Waals surface area (Å²) >= 11 is 0. The van der Waals surface area contributed by atoms with Crippen molar-refractivity contribution in [3.05, 3.63) is 50.8 Å². The van der Waals surface area contributed by atoms with Gasteiger partial charge in [-0.15, -0.1) is 0 Å². The Labute approximate surface area is 170 Å². The van der Waals surface area contributed by atoms with Gasteiger partial charge >= 0.3 is 0 Å². The minimum absolute atomic E-state index is 0.0176. The van der Waals surface area contributed by atoms with E-state index in [2.05, 4.69) is 0 Å². The molecule has 0 saturated carbocycles. The molecule has 30 heavy (non-hydrogen) atoms. The highest BCUT2D eigenvalue weighted by atomic mass is 16.7. The number of aliphatic hydroxyl groups excluding tert-OH is 1. The predicted molar refractivity (Wildman–Crippen MR) is 106 cm³/mol. The zero-order chi connectivity index (χ0) is 21.0. The number of aliphatic hydroxyl groups is 1. The molecule has 3 aromatic rings. The van der Waals surface area contributed by atoms with Crippen molar-refractivity contribution >= 4 is 17.2 Å². The van der Waals surface area contributed by atoms with E-state index >= 15 is 0 Å². The molecule has 1 atom stereocenters. The molecule has 154 valence electrons.